The lowest BCUT2D eigenvalue weighted by molar-refractivity contribution is -0.316. The van der Waals surface area contributed by atoms with E-state index in [1.54, 1.807) is 23.6 Å². The number of likely N-dealkylation sites (N-methyl/N-ethyl adjacent to an activating group) is 1. The predicted octanol–water partition coefficient (Wildman–Crippen LogP) is 6.54. The van der Waals surface area contributed by atoms with Crippen molar-refractivity contribution in [3.8, 4) is 11.3 Å². The molecule has 3 aliphatic heterocycles. The number of carbonyl (C=O) groups excluding carboxylic acids is 3. The maximum atomic E-state index is 14.7. The molecule has 0 aliphatic carbocycles. The Labute approximate surface area is 430 Å². The molecule has 0 spiro atoms. The van der Waals surface area contributed by atoms with Gasteiger partial charge in [-0.25, -0.2) is 4.79 Å². The number of nitrogens with one attached hydrogen (secondary N) is 1. The average Bonchev–Trinajstić information content (AvgIpc) is 3.95. The largest absolute Gasteiger partial charge is 0.458 e. The highest BCUT2D eigenvalue weighted by molar-refractivity contribution is 6.00. The van der Waals surface area contributed by atoms with E-state index in [1.165, 1.54) is 6.92 Å². The van der Waals surface area contributed by atoms with Crippen LogP contribution in [0.3, 0.4) is 0 Å². The minimum Gasteiger partial charge on any atom is -0.458 e. The number of amides is 1. The standard InChI is InChI=1S/C55H78N8O10/c1-12-44-55(8)49(63(53(67)73-55)25-16-15-24-62-32-43(59-60-62)40-21-17-22-41(56)28-40)36(5)57-30-33(2)29-54(7,68-11)50(34(3)46(64)35(4)51(66)71-44)72-52-47(65)45(61(9)10)48(37(6)70-52)69-26-18-19-38-27-39-20-13-14-23-42(39)58-31-38/h13-14,17-23,27-28,31-37,44-45,47-50,52,57,65H,12,15-16,24-26,29-30,56H2,1-11H3/b19-18+/t33-,34+,35-,36-,37?,44-,45?,47?,48-,49-,50-,52+,54-,55-/m1/s1. The number of hydrogen-bond donors (Lipinski definition) is 3. The number of Topliss-reactive ketones (excluding diaryl/α,β-unsaturated/α-hetero) is 1. The van der Waals surface area contributed by atoms with Crippen molar-refractivity contribution in [2.45, 2.75) is 154 Å². The lowest BCUT2D eigenvalue weighted by Crippen LogP contribution is -2.65. The number of aliphatic hydroxyl groups is 1. The number of ether oxygens (including phenoxy) is 6. The van der Waals surface area contributed by atoms with Crippen molar-refractivity contribution in [3.05, 3.63) is 78.6 Å². The minimum atomic E-state index is -1.27. The van der Waals surface area contributed by atoms with Crippen LogP contribution in [0.15, 0.2) is 73.1 Å². The summed E-state index contributed by atoms with van der Waals surface area (Å²) >= 11 is 0. The van der Waals surface area contributed by atoms with Crippen molar-refractivity contribution in [1.82, 2.24) is 35.1 Å². The lowest BCUT2D eigenvalue weighted by Gasteiger charge is -2.49. The number of benzene rings is 2. The molecule has 3 fully saturated rings. The fraction of sp³-hybridized carbons (Fsp3) is 0.600. The van der Waals surface area contributed by atoms with Gasteiger partial charge in [-0.15, -0.1) is 5.10 Å². The number of fused-ring (bicyclic) bond motifs is 2. The van der Waals surface area contributed by atoms with Gasteiger partial charge in [-0.1, -0.05) is 68.5 Å². The molecule has 5 heterocycles. The molecule has 3 unspecified atom stereocenters. The van der Waals surface area contributed by atoms with Crippen LogP contribution in [0.4, 0.5) is 10.5 Å². The molecule has 2 aromatic heterocycles. The van der Waals surface area contributed by atoms with Crippen LogP contribution < -0.4 is 11.1 Å². The number of rotatable bonds is 15. The maximum absolute atomic E-state index is 14.7. The Morgan fingerprint density at radius 3 is 2.49 bits per heavy atom. The number of methoxy groups -OCH3 is 1. The number of ketones is 1. The van der Waals surface area contributed by atoms with E-state index in [2.05, 4.69) is 33.6 Å². The van der Waals surface area contributed by atoms with Crippen molar-refractivity contribution in [2.24, 2.45) is 17.8 Å². The second-order valence-corrected chi connectivity index (χ2v) is 21.0. The summed E-state index contributed by atoms with van der Waals surface area (Å²) in [7, 11) is 5.31. The number of aryl methyl sites for hydroxylation is 1. The van der Waals surface area contributed by atoms with Crippen LogP contribution >= 0.6 is 0 Å². The molecular weight excluding hydrogens is 933 g/mol. The minimum absolute atomic E-state index is 0.0669. The quantitative estimate of drug-likeness (QED) is 0.0499. The number of nitrogens with two attached hydrogens (primary N) is 1. The van der Waals surface area contributed by atoms with Crippen LogP contribution in [0.5, 0.6) is 0 Å². The highest BCUT2D eigenvalue weighted by Gasteiger charge is 2.59. The van der Waals surface area contributed by atoms with Crippen LogP contribution in [0.1, 0.15) is 86.6 Å². The molecule has 3 aliphatic rings. The first-order valence-electron chi connectivity index (χ1n) is 25.8. The fourth-order valence-corrected chi connectivity index (χ4v) is 11.3. The number of unbranched alkanes of at least 4 members (excludes halogenated alkanes) is 1. The molecule has 398 valence electrons. The van der Waals surface area contributed by atoms with Crippen LogP contribution in [0, 0.1) is 17.8 Å². The van der Waals surface area contributed by atoms with E-state index in [0.717, 1.165) is 27.7 Å². The third-order valence-electron chi connectivity index (χ3n) is 15.2. The van der Waals surface area contributed by atoms with E-state index in [9.17, 15) is 19.5 Å². The summed E-state index contributed by atoms with van der Waals surface area (Å²) in [6.45, 7) is 16.5. The SMILES string of the molecule is CC[C@H]1OC(=O)[C@H](C)C(=O)[C@H](C)[C@@H](O[C@@H]2OC(C)[C@@H](OC/C=C/c3cnc4ccccc4c3)C(N(C)C)C2O)[C@](C)(OC)C[C@@H](C)CN[C@H](C)[C@H]2N(CCCCn3cc(-c4cccc(N)c4)nn3)C(=O)O[C@]12C. The van der Waals surface area contributed by atoms with Crippen molar-refractivity contribution < 1.29 is 47.9 Å². The first-order valence-corrected chi connectivity index (χ1v) is 25.8. The maximum Gasteiger partial charge on any atom is 0.410 e. The summed E-state index contributed by atoms with van der Waals surface area (Å²) in [4.78, 5) is 51.1. The van der Waals surface area contributed by atoms with Crippen LogP contribution in [0.2, 0.25) is 0 Å². The van der Waals surface area contributed by atoms with Gasteiger partial charge in [0.1, 0.15) is 29.9 Å². The topological polar surface area (TPSA) is 215 Å². The zero-order valence-corrected chi connectivity index (χ0v) is 44.5. The number of pyridine rings is 1. The van der Waals surface area contributed by atoms with Gasteiger partial charge in [0, 0.05) is 55.0 Å². The summed E-state index contributed by atoms with van der Waals surface area (Å²) in [6, 6.07) is 16.1. The van der Waals surface area contributed by atoms with E-state index >= 15 is 0 Å². The number of para-hydroxylation sites is 1. The highest BCUT2D eigenvalue weighted by atomic mass is 16.7. The smallest absolute Gasteiger partial charge is 0.410 e. The number of nitrogen functional groups attached to an aromatic ring is 1. The van der Waals surface area contributed by atoms with Crippen molar-refractivity contribution in [3.63, 3.8) is 0 Å². The third-order valence-corrected chi connectivity index (χ3v) is 15.2. The van der Waals surface area contributed by atoms with Crippen molar-refractivity contribution in [1.29, 1.82) is 0 Å². The van der Waals surface area contributed by atoms with Crippen molar-refractivity contribution >= 4 is 40.5 Å². The molecule has 7 rings (SSSR count). The zero-order chi connectivity index (χ0) is 52.8. The first kappa shape index (κ1) is 55.4. The number of carbonyl (C=O) groups is 3. The third kappa shape index (κ3) is 12.4. The van der Waals surface area contributed by atoms with E-state index < -0.39 is 89.8 Å². The Morgan fingerprint density at radius 2 is 1.77 bits per heavy atom. The van der Waals surface area contributed by atoms with Gasteiger partial charge >= 0.3 is 12.1 Å². The molecule has 0 radical (unpaired) electrons. The van der Waals surface area contributed by atoms with Gasteiger partial charge in [0.05, 0.1) is 48.2 Å². The van der Waals surface area contributed by atoms with Gasteiger partial charge in [-0.2, -0.15) is 0 Å². The van der Waals surface area contributed by atoms with Crippen molar-refractivity contribution in [2.75, 3.05) is 46.6 Å². The van der Waals surface area contributed by atoms with Gasteiger partial charge < -0.3 is 49.5 Å². The number of anilines is 1. The molecule has 18 heteroatoms. The molecule has 18 nitrogen and oxygen atoms in total. The number of cyclic esters (lactones) is 1. The molecule has 3 saturated heterocycles. The Morgan fingerprint density at radius 1 is 1.01 bits per heavy atom. The van der Waals surface area contributed by atoms with Gasteiger partial charge in [0.15, 0.2) is 17.7 Å². The van der Waals surface area contributed by atoms with Gasteiger partial charge in [0.2, 0.25) is 0 Å². The lowest BCUT2D eigenvalue weighted by atomic mass is 9.78. The second-order valence-electron chi connectivity index (χ2n) is 21.0. The van der Waals surface area contributed by atoms with Crippen LogP contribution in [0.25, 0.3) is 28.2 Å². The molecule has 0 saturated carbocycles. The van der Waals surface area contributed by atoms with E-state index in [1.807, 2.05) is 127 Å². The summed E-state index contributed by atoms with van der Waals surface area (Å²) in [5.74, 6) is -3.41. The summed E-state index contributed by atoms with van der Waals surface area (Å²) in [5, 5.41) is 25.5. The summed E-state index contributed by atoms with van der Waals surface area (Å²) in [5.41, 5.74) is 7.69. The number of nitrogens with zero attached hydrogens (tertiary/aromatic N) is 6. The van der Waals surface area contributed by atoms with Gasteiger partial charge in [-0.3, -0.25) is 24.2 Å². The number of esters is 1. The number of hydrogen-bond acceptors (Lipinski definition) is 16. The summed E-state index contributed by atoms with van der Waals surface area (Å²) < 4.78 is 40.4. The van der Waals surface area contributed by atoms with E-state index in [-0.39, 0.29) is 18.6 Å². The number of aliphatic hydroxyl groups excluding tert-OH is 1. The molecule has 1 amide bonds. The van der Waals surface area contributed by atoms with Crippen LogP contribution in [-0.2, 0) is 44.6 Å². The van der Waals surface area contributed by atoms with Gasteiger partial charge in [0.25, 0.3) is 0 Å². The molecule has 2 aromatic carbocycles. The molecule has 4 aromatic rings. The van der Waals surface area contributed by atoms with Crippen LogP contribution in [-0.4, -0.2) is 160 Å². The Bertz CT molecular complexity index is 2540. The Hall–Kier alpha value is -5.34. The molecule has 0 bridgehead atoms. The second kappa shape index (κ2) is 23.9. The molecule has 73 heavy (non-hydrogen) atoms. The van der Waals surface area contributed by atoms with Gasteiger partial charge in [-0.05, 0) is 117 Å². The monoisotopic (exact) mass is 1010 g/mol. The molecule has 14 atom stereocenters. The predicted molar refractivity (Wildman–Crippen MR) is 278 cm³/mol. The average molecular weight is 1010 g/mol. The summed E-state index contributed by atoms with van der Waals surface area (Å²) in [6.07, 6.45) is 3.75. The number of aromatic nitrogens is 4. The highest BCUT2D eigenvalue weighted by Crippen LogP contribution is 2.40. The van der Waals surface area contributed by atoms with E-state index in [4.69, 9.17) is 34.2 Å². The Balaban J connectivity index is 1.06. The van der Waals surface area contributed by atoms with E-state index in [0.29, 0.717) is 51.0 Å². The molecular formula is C55H78N8O10. The fourth-order valence-electron chi connectivity index (χ4n) is 11.3. The zero-order valence-electron chi connectivity index (χ0n) is 44.5. The normalized spacial score (nSPS) is 32.9. The first-order chi connectivity index (χ1) is 34.8. The Kier molecular flexibility index (Phi) is 18.1. The molecule has 4 N–H and O–H groups in total.